The number of hydrogen-bond donors (Lipinski definition) is 1. The third kappa shape index (κ3) is 2.89. The largest absolute Gasteiger partial charge is 0.349 e. The van der Waals surface area contributed by atoms with Crippen LogP contribution in [0.15, 0.2) is 23.4 Å². The Hall–Kier alpha value is -2.48. The Labute approximate surface area is 136 Å². The van der Waals surface area contributed by atoms with Gasteiger partial charge in [-0.15, -0.1) is 11.3 Å². The summed E-state index contributed by atoms with van der Waals surface area (Å²) < 4.78 is 3.20. The first-order valence-electron chi connectivity index (χ1n) is 7.20. The molecular weight excluding hydrogens is 314 g/mol. The summed E-state index contributed by atoms with van der Waals surface area (Å²) in [7, 11) is 1.65. The third-order valence-electron chi connectivity index (χ3n) is 3.62. The zero-order chi connectivity index (χ0) is 16.6. The minimum absolute atomic E-state index is 0.130. The van der Waals surface area contributed by atoms with Crippen LogP contribution in [0.1, 0.15) is 20.9 Å². The second-order valence-corrected chi connectivity index (χ2v) is 6.37. The maximum atomic E-state index is 12.4. The first-order chi connectivity index (χ1) is 11.0. The predicted octanol–water partition coefficient (Wildman–Crippen LogP) is 1.24. The number of thiophene rings is 1. The van der Waals surface area contributed by atoms with Crippen LogP contribution in [-0.2, 0) is 13.6 Å². The number of fused-ring (bicyclic) bond motifs is 1. The fourth-order valence-corrected chi connectivity index (χ4v) is 3.43. The number of nitrogens with one attached hydrogen (secondary N) is 1. The highest BCUT2D eigenvalue weighted by Crippen LogP contribution is 2.26. The number of amides is 1. The summed E-state index contributed by atoms with van der Waals surface area (Å²) in [6.07, 6.45) is 3.35. The van der Waals surface area contributed by atoms with Crippen LogP contribution in [0.25, 0.3) is 10.2 Å². The molecule has 0 fully saturated rings. The summed E-state index contributed by atoms with van der Waals surface area (Å²) in [6, 6.07) is 1.92. The van der Waals surface area contributed by atoms with Crippen LogP contribution >= 0.6 is 11.3 Å². The zero-order valence-electron chi connectivity index (χ0n) is 13.2. The summed E-state index contributed by atoms with van der Waals surface area (Å²) in [4.78, 5) is 29.9. The number of hydrogen-bond acceptors (Lipinski definition) is 5. The normalized spacial score (nSPS) is 11.1. The molecule has 0 unspecified atom stereocenters. The molecule has 0 aliphatic carbocycles. The van der Waals surface area contributed by atoms with Gasteiger partial charge in [-0.2, -0.15) is 5.10 Å². The number of rotatable bonds is 4. The Bertz CT molecular complexity index is 937. The van der Waals surface area contributed by atoms with Gasteiger partial charge in [0.1, 0.15) is 4.83 Å². The molecule has 23 heavy (non-hydrogen) atoms. The topological polar surface area (TPSA) is 81.8 Å². The van der Waals surface area contributed by atoms with E-state index >= 15 is 0 Å². The molecule has 0 atom stereocenters. The van der Waals surface area contributed by atoms with Gasteiger partial charge in [0.25, 0.3) is 11.5 Å². The molecule has 0 spiro atoms. The minimum atomic E-state index is -0.184. The van der Waals surface area contributed by atoms with Crippen molar-refractivity contribution in [3.8, 4) is 0 Å². The van der Waals surface area contributed by atoms with Crippen LogP contribution < -0.4 is 10.9 Å². The number of carbonyl (C=O) groups is 1. The van der Waals surface area contributed by atoms with Gasteiger partial charge in [-0.25, -0.2) is 4.98 Å². The average Bonchev–Trinajstić information content (AvgIpc) is 3.07. The molecule has 0 saturated heterocycles. The molecule has 0 radical (unpaired) electrons. The van der Waals surface area contributed by atoms with Crippen molar-refractivity contribution in [1.82, 2.24) is 24.6 Å². The van der Waals surface area contributed by atoms with Gasteiger partial charge < -0.3 is 9.88 Å². The maximum Gasteiger partial charge on any atom is 0.262 e. The minimum Gasteiger partial charge on any atom is -0.349 e. The Kier molecular flexibility index (Phi) is 3.99. The summed E-state index contributed by atoms with van der Waals surface area (Å²) in [6.45, 7) is 4.78. The van der Waals surface area contributed by atoms with Crippen LogP contribution in [-0.4, -0.2) is 31.8 Å². The van der Waals surface area contributed by atoms with Gasteiger partial charge in [0.15, 0.2) is 0 Å². The lowest BCUT2D eigenvalue weighted by Gasteiger charge is -2.04. The van der Waals surface area contributed by atoms with Gasteiger partial charge >= 0.3 is 0 Å². The van der Waals surface area contributed by atoms with Crippen molar-refractivity contribution in [3.05, 3.63) is 45.1 Å². The van der Waals surface area contributed by atoms with Crippen molar-refractivity contribution in [2.45, 2.75) is 20.4 Å². The second-order valence-electron chi connectivity index (χ2n) is 5.37. The van der Waals surface area contributed by atoms with E-state index in [2.05, 4.69) is 15.4 Å². The van der Waals surface area contributed by atoms with Crippen LogP contribution in [0.3, 0.4) is 0 Å². The highest BCUT2D eigenvalue weighted by molar-refractivity contribution is 7.20. The van der Waals surface area contributed by atoms with Gasteiger partial charge in [0, 0.05) is 19.8 Å². The Balaban J connectivity index is 1.77. The van der Waals surface area contributed by atoms with Crippen molar-refractivity contribution in [2.24, 2.45) is 7.05 Å². The maximum absolute atomic E-state index is 12.4. The van der Waals surface area contributed by atoms with Gasteiger partial charge in [-0.05, 0) is 25.5 Å². The van der Waals surface area contributed by atoms with Crippen molar-refractivity contribution in [1.29, 1.82) is 0 Å². The van der Waals surface area contributed by atoms with E-state index in [1.54, 1.807) is 18.7 Å². The number of nitrogens with zero attached hydrogens (tertiary/aromatic N) is 4. The van der Waals surface area contributed by atoms with E-state index in [9.17, 15) is 9.59 Å². The first-order valence-corrected chi connectivity index (χ1v) is 8.02. The molecule has 0 saturated carbocycles. The van der Waals surface area contributed by atoms with Crippen molar-refractivity contribution in [3.63, 3.8) is 0 Å². The predicted molar refractivity (Wildman–Crippen MR) is 88.9 cm³/mol. The van der Waals surface area contributed by atoms with Crippen molar-refractivity contribution in [2.75, 3.05) is 6.54 Å². The Morgan fingerprint density at radius 3 is 2.87 bits per heavy atom. The molecule has 120 valence electrons. The number of carbonyl (C=O) groups excluding carboxylic acids is 1. The van der Waals surface area contributed by atoms with E-state index < -0.39 is 0 Å². The van der Waals surface area contributed by atoms with Gasteiger partial charge in [0.2, 0.25) is 0 Å². The van der Waals surface area contributed by atoms with E-state index in [0.717, 1.165) is 5.69 Å². The molecular formula is C15H17N5O2S. The second kappa shape index (κ2) is 5.96. The molecule has 1 amide bonds. The van der Waals surface area contributed by atoms with E-state index in [1.165, 1.54) is 22.2 Å². The summed E-state index contributed by atoms with van der Waals surface area (Å²) in [5, 5.41) is 7.66. The SMILES string of the molecule is Cc1ccn(CCNC(=O)c2sc3ncn(C)c(=O)c3c2C)n1. The van der Waals surface area contributed by atoms with Crippen molar-refractivity contribution >= 4 is 27.5 Å². The summed E-state index contributed by atoms with van der Waals surface area (Å²) in [5.41, 5.74) is 1.50. The first kappa shape index (κ1) is 15.4. The zero-order valence-corrected chi connectivity index (χ0v) is 14.0. The van der Waals surface area contributed by atoms with E-state index in [-0.39, 0.29) is 11.5 Å². The summed E-state index contributed by atoms with van der Waals surface area (Å²) >= 11 is 1.25. The van der Waals surface area contributed by atoms with E-state index in [1.807, 2.05) is 19.2 Å². The number of aromatic nitrogens is 4. The Morgan fingerprint density at radius 2 is 2.17 bits per heavy atom. The highest BCUT2D eigenvalue weighted by Gasteiger charge is 2.18. The molecule has 0 aliphatic rings. The standard InChI is InChI=1S/C15H17N5O2S/c1-9-4-6-20(18-9)7-5-16-13(21)12-10(2)11-14(23-12)17-8-19(3)15(11)22/h4,6,8H,5,7H2,1-3H3,(H,16,21). The van der Waals surface area contributed by atoms with Crippen LogP contribution in [0.5, 0.6) is 0 Å². The molecule has 0 aromatic carbocycles. The number of aryl methyl sites for hydroxylation is 3. The smallest absolute Gasteiger partial charge is 0.262 e. The lowest BCUT2D eigenvalue weighted by molar-refractivity contribution is 0.0955. The fraction of sp³-hybridized carbons (Fsp3) is 0.333. The molecule has 0 aliphatic heterocycles. The molecule has 3 rings (SSSR count). The quantitative estimate of drug-likeness (QED) is 0.780. The van der Waals surface area contributed by atoms with Crippen LogP contribution in [0, 0.1) is 13.8 Å². The summed E-state index contributed by atoms with van der Waals surface area (Å²) in [5.74, 6) is -0.184. The Morgan fingerprint density at radius 1 is 1.39 bits per heavy atom. The van der Waals surface area contributed by atoms with Gasteiger partial charge in [-0.1, -0.05) is 0 Å². The highest BCUT2D eigenvalue weighted by atomic mass is 32.1. The fourth-order valence-electron chi connectivity index (χ4n) is 2.38. The molecule has 0 bridgehead atoms. The molecule has 3 heterocycles. The van der Waals surface area contributed by atoms with Gasteiger partial charge in [-0.3, -0.25) is 14.3 Å². The molecule has 8 heteroatoms. The molecule has 7 nitrogen and oxygen atoms in total. The van der Waals surface area contributed by atoms with Crippen LogP contribution in [0.4, 0.5) is 0 Å². The third-order valence-corrected chi connectivity index (χ3v) is 4.82. The van der Waals surface area contributed by atoms with Crippen LogP contribution in [0.2, 0.25) is 0 Å². The van der Waals surface area contributed by atoms with E-state index in [0.29, 0.717) is 33.7 Å². The lowest BCUT2D eigenvalue weighted by atomic mass is 10.2. The van der Waals surface area contributed by atoms with E-state index in [4.69, 9.17) is 0 Å². The van der Waals surface area contributed by atoms with Crippen molar-refractivity contribution < 1.29 is 4.79 Å². The molecule has 1 N–H and O–H groups in total. The lowest BCUT2D eigenvalue weighted by Crippen LogP contribution is -2.27. The monoisotopic (exact) mass is 331 g/mol. The average molecular weight is 331 g/mol. The van der Waals surface area contributed by atoms with Gasteiger partial charge in [0.05, 0.1) is 28.8 Å². The molecule has 3 aromatic heterocycles. The molecule has 3 aromatic rings.